The Morgan fingerprint density at radius 1 is 1.43 bits per heavy atom. The van der Waals surface area contributed by atoms with Gasteiger partial charge in [0.05, 0.1) is 17.9 Å². The number of hydrogen-bond donors (Lipinski definition) is 3. The minimum Gasteiger partial charge on any atom is -0.403 e. The van der Waals surface area contributed by atoms with E-state index in [1.165, 1.54) is 17.3 Å². The van der Waals surface area contributed by atoms with E-state index in [9.17, 15) is 22.4 Å². The predicted octanol–water partition coefficient (Wildman–Crippen LogP) is 2.42. The number of nitrogens with one attached hydrogen (secondary N) is 2. The van der Waals surface area contributed by atoms with Crippen LogP contribution in [0.15, 0.2) is 29.2 Å². The van der Waals surface area contributed by atoms with E-state index in [0.717, 1.165) is 6.20 Å². The molecule has 1 fully saturated rings. The Balaban J connectivity index is 1.79. The summed E-state index contributed by atoms with van der Waals surface area (Å²) in [4.78, 5) is 25.5. The van der Waals surface area contributed by atoms with E-state index in [-0.39, 0.29) is 24.1 Å². The second-order valence-electron chi connectivity index (χ2n) is 6.90. The minimum atomic E-state index is -4.49. The molecule has 0 saturated carbocycles. The fourth-order valence-corrected chi connectivity index (χ4v) is 3.63. The first-order valence-electron chi connectivity index (χ1n) is 9.19. The molecule has 3 rings (SSSR count). The first kappa shape index (κ1) is 21.5. The molecule has 1 aromatic heterocycles. The zero-order valence-corrected chi connectivity index (χ0v) is 16.1. The van der Waals surface area contributed by atoms with Gasteiger partial charge in [0.2, 0.25) is 5.95 Å². The lowest BCUT2D eigenvalue weighted by atomic mass is 9.98. The topological polar surface area (TPSA) is 109 Å². The number of urea groups is 1. The summed E-state index contributed by atoms with van der Waals surface area (Å²) in [5.74, 6) is -0.523. The van der Waals surface area contributed by atoms with Crippen LogP contribution in [-0.2, 0) is 0 Å². The van der Waals surface area contributed by atoms with Crippen LogP contribution < -0.4 is 16.4 Å². The van der Waals surface area contributed by atoms with Crippen LogP contribution >= 0.6 is 0 Å². The maximum absolute atomic E-state index is 14.4. The molecule has 2 amide bonds. The van der Waals surface area contributed by atoms with Crippen molar-refractivity contribution in [3.8, 4) is 0 Å². The van der Waals surface area contributed by atoms with Gasteiger partial charge in [0, 0.05) is 25.5 Å². The number of fused-ring (bicyclic) bond motifs is 2. The van der Waals surface area contributed by atoms with E-state index in [2.05, 4.69) is 20.3 Å². The molecule has 2 bridgehead atoms. The fraction of sp³-hybridized carbons (Fsp3) is 0.444. The van der Waals surface area contributed by atoms with Crippen LogP contribution in [0.1, 0.15) is 25.0 Å². The quantitative estimate of drug-likeness (QED) is 0.494. The van der Waals surface area contributed by atoms with Crippen molar-refractivity contribution in [1.82, 2.24) is 20.2 Å². The molecule has 2 aliphatic rings. The van der Waals surface area contributed by atoms with Gasteiger partial charge in [-0.2, -0.15) is 13.2 Å². The Labute approximate surface area is 170 Å². The molecule has 0 radical (unpaired) electrons. The highest BCUT2D eigenvalue weighted by molar-refractivity contribution is 5.82. The predicted molar refractivity (Wildman–Crippen MR) is 103 cm³/mol. The monoisotopic (exact) mass is 427 g/mol. The van der Waals surface area contributed by atoms with Gasteiger partial charge in [0.1, 0.15) is 12.2 Å². The van der Waals surface area contributed by atoms with Crippen molar-refractivity contribution in [3.05, 3.63) is 35.7 Å². The fourth-order valence-electron chi connectivity index (χ4n) is 3.63. The van der Waals surface area contributed by atoms with Crippen molar-refractivity contribution in [2.75, 3.05) is 18.9 Å². The van der Waals surface area contributed by atoms with E-state index in [0.29, 0.717) is 24.1 Å². The molecule has 162 valence electrons. The summed E-state index contributed by atoms with van der Waals surface area (Å²) in [6.45, 7) is -1.40. The summed E-state index contributed by atoms with van der Waals surface area (Å²) in [5, 5.41) is 4.72. The first-order chi connectivity index (χ1) is 14.2. The summed E-state index contributed by atoms with van der Waals surface area (Å²) in [6.07, 6.45) is 2.39. The molecule has 3 heterocycles. The van der Waals surface area contributed by atoms with Crippen molar-refractivity contribution in [3.63, 3.8) is 0 Å². The van der Waals surface area contributed by atoms with Gasteiger partial charge in [-0.05, 0) is 24.8 Å². The van der Waals surface area contributed by atoms with Crippen LogP contribution in [0, 0.1) is 5.82 Å². The molecule has 2 unspecified atom stereocenters. The van der Waals surface area contributed by atoms with E-state index in [1.54, 1.807) is 13.1 Å². The zero-order valence-electron chi connectivity index (χ0n) is 16.1. The van der Waals surface area contributed by atoms with Crippen LogP contribution in [0.3, 0.4) is 0 Å². The van der Waals surface area contributed by atoms with Crippen molar-refractivity contribution in [2.24, 2.45) is 10.7 Å². The number of rotatable bonds is 5. The normalized spacial score (nSPS) is 21.7. The Hall–Kier alpha value is -3.18. The van der Waals surface area contributed by atoms with Crippen LogP contribution in [0.25, 0.3) is 5.57 Å². The molecule has 2 atom stereocenters. The van der Waals surface area contributed by atoms with Crippen LogP contribution in [-0.4, -0.2) is 59.0 Å². The number of amides is 2. The SMILES string of the molecule is CN=CC(=CN)Nc1ncc(F)c(C2=CC3CCC(C2)N3C(=O)NCC(F)(F)F)n1. The minimum absolute atomic E-state index is 0.0737. The highest BCUT2D eigenvalue weighted by atomic mass is 19.4. The smallest absolute Gasteiger partial charge is 0.403 e. The molecule has 2 aliphatic heterocycles. The molecule has 1 saturated heterocycles. The molecule has 1 aromatic rings. The summed E-state index contributed by atoms with van der Waals surface area (Å²) in [7, 11) is 1.56. The van der Waals surface area contributed by atoms with Gasteiger partial charge in [-0.3, -0.25) is 4.99 Å². The number of nitrogens with zero attached hydrogens (tertiary/aromatic N) is 4. The van der Waals surface area contributed by atoms with Crippen LogP contribution in [0.2, 0.25) is 0 Å². The van der Waals surface area contributed by atoms with E-state index in [1.807, 2.05) is 5.32 Å². The number of nitrogens with two attached hydrogens (primary N) is 1. The average Bonchev–Trinajstić information content (AvgIpc) is 2.96. The summed E-state index contributed by atoms with van der Waals surface area (Å²) in [5.41, 5.74) is 6.55. The molecule has 0 aliphatic carbocycles. The number of hydrogen-bond acceptors (Lipinski definition) is 6. The second kappa shape index (κ2) is 8.67. The van der Waals surface area contributed by atoms with Gasteiger partial charge in [-0.25, -0.2) is 19.2 Å². The van der Waals surface area contributed by atoms with Crippen LogP contribution in [0.4, 0.5) is 28.3 Å². The number of aliphatic imine (C=N–C) groups is 1. The Bertz CT molecular complexity index is 897. The second-order valence-corrected chi connectivity index (χ2v) is 6.90. The van der Waals surface area contributed by atoms with Crippen molar-refractivity contribution in [1.29, 1.82) is 0 Å². The molecule has 4 N–H and O–H groups in total. The molecule has 0 aromatic carbocycles. The number of halogens is 4. The largest absolute Gasteiger partial charge is 0.405 e. The molecule has 0 spiro atoms. The van der Waals surface area contributed by atoms with Gasteiger partial charge in [0.25, 0.3) is 0 Å². The van der Waals surface area contributed by atoms with Crippen LogP contribution in [0.5, 0.6) is 0 Å². The maximum Gasteiger partial charge on any atom is 0.405 e. The van der Waals surface area contributed by atoms with Crippen molar-refractivity contribution in [2.45, 2.75) is 37.5 Å². The highest BCUT2D eigenvalue weighted by Gasteiger charge is 2.41. The zero-order chi connectivity index (χ0) is 21.9. The standard InChI is InChI=1S/C18H21F4N7O/c1-24-7-11(6-23)27-16-25-8-14(19)15(28-16)10-4-12-2-3-13(5-10)29(12)17(30)26-9-18(20,21)22/h4,6-8,12-13H,2-3,5,9,23H2,1H3,(H,26,30)(H,25,27,28). The average molecular weight is 427 g/mol. The Morgan fingerprint density at radius 2 is 2.20 bits per heavy atom. The van der Waals surface area contributed by atoms with Gasteiger partial charge >= 0.3 is 12.2 Å². The number of carbonyl (C=O) groups is 1. The van der Waals surface area contributed by atoms with Gasteiger partial charge in [-0.15, -0.1) is 0 Å². The third kappa shape index (κ3) is 4.86. The maximum atomic E-state index is 14.4. The molecular formula is C18H21F4N7O. The van der Waals surface area contributed by atoms with E-state index < -0.39 is 30.6 Å². The number of anilines is 1. The lowest BCUT2D eigenvalue weighted by Gasteiger charge is -2.34. The number of aromatic nitrogens is 2. The van der Waals surface area contributed by atoms with E-state index in [4.69, 9.17) is 5.73 Å². The first-order valence-corrected chi connectivity index (χ1v) is 9.19. The number of carbonyl (C=O) groups excluding carboxylic acids is 1. The molecule has 8 nitrogen and oxygen atoms in total. The van der Waals surface area contributed by atoms with Crippen molar-refractivity contribution < 1.29 is 22.4 Å². The number of allylic oxidation sites excluding steroid dienone is 1. The molecule has 12 heteroatoms. The lowest BCUT2D eigenvalue weighted by Crippen LogP contribution is -2.50. The third-order valence-electron chi connectivity index (χ3n) is 4.82. The molecule has 30 heavy (non-hydrogen) atoms. The number of alkyl halides is 3. The summed E-state index contributed by atoms with van der Waals surface area (Å²) in [6, 6.07) is -1.54. The van der Waals surface area contributed by atoms with Gasteiger partial charge in [-0.1, -0.05) is 6.08 Å². The highest BCUT2D eigenvalue weighted by Crippen LogP contribution is 2.38. The Kier molecular flexibility index (Phi) is 6.22. The van der Waals surface area contributed by atoms with E-state index >= 15 is 0 Å². The lowest BCUT2D eigenvalue weighted by molar-refractivity contribution is -0.123. The Morgan fingerprint density at radius 3 is 2.83 bits per heavy atom. The summed E-state index contributed by atoms with van der Waals surface area (Å²) >= 11 is 0. The van der Waals surface area contributed by atoms with Gasteiger partial charge < -0.3 is 21.3 Å². The van der Waals surface area contributed by atoms with Crippen molar-refractivity contribution >= 4 is 23.8 Å². The third-order valence-corrected chi connectivity index (χ3v) is 4.82. The summed E-state index contributed by atoms with van der Waals surface area (Å²) < 4.78 is 51.6. The molecular weight excluding hydrogens is 406 g/mol. The van der Waals surface area contributed by atoms with Gasteiger partial charge in [0.15, 0.2) is 5.82 Å².